The first-order valence-electron chi connectivity index (χ1n) is 9.05. The highest BCUT2D eigenvalue weighted by atomic mass is 16.5. The maximum atomic E-state index is 12.4. The highest BCUT2D eigenvalue weighted by molar-refractivity contribution is 6.08. The van der Waals surface area contributed by atoms with Crippen LogP contribution in [0, 0.1) is 0 Å². The molecule has 1 aliphatic carbocycles. The Balaban J connectivity index is 1.69. The zero-order valence-corrected chi connectivity index (χ0v) is 14.8. The summed E-state index contributed by atoms with van der Waals surface area (Å²) >= 11 is 0. The van der Waals surface area contributed by atoms with Gasteiger partial charge in [-0.25, -0.2) is 4.79 Å². The van der Waals surface area contributed by atoms with Crippen LogP contribution in [0.1, 0.15) is 58.3 Å². The first-order valence-corrected chi connectivity index (χ1v) is 9.05. The van der Waals surface area contributed by atoms with Crippen LogP contribution in [0.15, 0.2) is 0 Å². The molecule has 2 rings (SSSR count). The molecule has 0 atom stereocenters. The van der Waals surface area contributed by atoms with Crippen molar-refractivity contribution >= 4 is 23.8 Å². The molecule has 0 radical (unpaired) electrons. The van der Waals surface area contributed by atoms with Crippen LogP contribution in [-0.4, -0.2) is 54.0 Å². The van der Waals surface area contributed by atoms with Crippen molar-refractivity contribution < 1.29 is 23.9 Å². The Hall–Kier alpha value is -2.12. The van der Waals surface area contributed by atoms with Gasteiger partial charge < -0.3 is 15.4 Å². The summed E-state index contributed by atoms with van der Waals surface area (Å²) in [6.45, 7) is 1.79. The summed E-state index contributed by atoms with van der Waals surface area (Å²) in [6, 6.07) is -0.566. The molecule has 8 nitrogen and oxygen atoms in total. The number of hydrogen-bond donors (Lipinski definition) is 2. The van der Waals surface area contributed by atoms with Crippen molar-refractivity contribution in [2.45, 2.75) is 63.8 Å². The van der Waals surface area contributed by atoms with Crippen molar-refractivity contribution in [1.82, 2.24) is 15.5 Å². The number of imide groups is 1. The molecule has 1 saturated heterocycles. The number of rotatable bonds is 9. The molecule has 8 heteroatoms. The highest BCUT2D eigenvalue weighted by Crippen LogP contribution is 2.34. The summed E-state index contributed by atoms with van der Waals surface area (Å²) in [4.78, 5) is 48.7. The maximum absolute atomic E-state index is 12.4. The number of nitrogens with one attached hydrogen (secondary N) is 2. The molecule has 1 saturated carbocycles. The number of esters is 1. The van der Waals surface area contributed by atoms with Crippen molar-refractivity contribution in [2.75, 3.05) is 19.7 Å². The fraction of sp³-hybridized carbons (Fsp3) is 0.765. The number of urea groups is 1. The average molecular weight is 353 g/mol. The van der Waals surface area contributed by atoms with Crippen molar-refractivity contribution in [2.24, 2.45) is 0 Å². The Morgan fingerprint density at radius 2 is 1.92 bits per heavy atom. The third-order valence-corrected chi connectivity index (χ3v) is 4.71. The standard InChI is InChI=1S/C17H27N3O5/c1-2-3-4-7-10-18-13(21)12-25-14(22)11-20-15(23)17(19-16(20)24)8-5-6-9-17/h2-12H2,1H3,(H,18,21)(H,19,24). The highest BCUT2D eigenvalue weighted by Gasteiger charge is 2.52. The number of amides is 4. The lowest BCUT2D eigenvalue weighted by atomic mass is 9.98. The molecule has 0 aromatic carbocycles. The minimum absolute atomic E-state index is 0.368. The topological polar surface area (TPSA) is 105 Å². The quantitative estimate of drug-likeness (QED) is 0.367. The summed E-state index contributed by atoms with van der Waals surface area (Å²) in [5, 5.41) is 5.37. The van der Waals surface area contributed by atoms with E-state index in [2.05, 4.69) is 17.6 Å². The van der Waals surface area contributed by atoms with Crippen molar-refractivity contribution in [3.8, 4) is 0 Å². The van der Waals surface area contributed by atoms with E-state index in [4.69, 9.17) is 4.74 Å². The van der Waals surface area contributed by atoms with Gasteiger partial charge in [-0.15, -0.1) is 0 Å². The number of nitrogens with zero attached hydrogens (tertiary/aromatic N) is 1. The maximum Gasteiger partial charge on any atom is 0.326 e. The van der Waals surface area contributed by atoms with E-state index in [0.717, 1.165) is 43.4 Å². The molecule has 1 heterocycles. The predicted octanol–water partition coefficient (Wildman–Crippen LogP) is 1.09. The van der Waals surface area contributed by atoms with E-state index in [-0.39, 0.29) is 11.8 Å². The van der Waals surface area contributed by atoms with Gasteiger partial charge in [0, 0.05) is 6.54 Å². The Labute approximate surface area is 147 Å². The zero-order chi connectivity index (χ0) is 18.3. The lowest BCUT2D eigenvalue weighted by Gasteiger charge is -2.19. The third-order valence-electron chi connectivity index (χ3n) is 4.71. The molecule has 0 unspecified atom stereocenters. The van der Waals surface area contributed by atoms with Crippen LogP contribution in [0.4, 0.5) is 4.79 Å². The van der Waals surface area contributed by atoms with Crippen LogP contribution in [-0.2, 0) is 19.1 Å². The van der Waals surface area contributed by atoms with E-state index in [0.29, 0.717) is 19.4 Å². The summed E-state index contributed by atoms with van der Waals surface area (Å²) in [5.41, 5.74) is -0.840. The summed E-state index contributed by atoms with van der Waals surface area (Å²) < 4.78 is 4.87. The van der Waals surface area contributed by atoms with Gasteiger partial charge in [-0.05, 0) is 19.3 Å². The monoisotopic (exact) mass is 353 g/mol. The van der Waals surface area contributed by atoms with E-state index in [1.165, 1.54) is 0 Å². The Morgan fingerprint density at radius 1 is 1.20 bits per heavy atom. The summed E-state index contributed by atoms with van der Waals surface area (Å²) in [7, 11) is 0. The normalized spacial score (nSPS) is 18.5. The van der Waals surface area contributed by atoms with Gasteiger partial charge in [0.25, 0.3) is 11.8 Å². The largest absolute Gasteiger partial charge is 0.454 e. The Bertz CT molecular complexity index is 528. The number of carbonyl (C=O) groups excluding carboxylic acids is 4. The fourth-order valence-electron chi connectivity index (χ4n) is 3.29. The van der Waals surface area contributed by atoms with Crippen LogP contribution in [0.25, 0.3) is 0 Å². The first kappa shape index (κ1) is 19.2. The summed E-state index contributed by atoms with van der Waals surface area (Å²) in [6.07, 6.45) is 7.13. The minimum atomic E-state index is -0.840. The molecule has 2 fully saturated rings. The summed E-state index contributed by atoms with van der Waals surface area (Å²) in [5.74, 6) is -1.51. The molecule has 2 aliphatic rings. The van der Waals surface area contributed by atoms with Gasteiger partial charge in [0.1, 0.15) is 12.1 Å². The number of unbranched alkanes of at least 4 members (excludes halogenated alkanes) is 3. The molecule has 0 aromatic heterocycles. The SMILES string of the molecule is CCCCCCNC(=O)COC(=O)CN1C(=O)NC2(CCCC2)C1=O. The molecule has 2 N–H and O–H groups in total. The van der Waals surface area contributed by atoms with Crippen molar-refractivity contribution in [3.05, 3.63) is 0 Å². The lowest BCUT2D eigenvalue weighted by molar-refractivity contribution is -0.151. The van der Waals surface area contributed by atoms with Gasteiger partial charge >= 0.3 is 12.0 Å². The predicted molar refractivity (Wildman–Crippen MR) is 89.6 cm³/mol. The molecule has 0 bridgehead atoms. The third kappa shape index (κ3) is 4.93. The second-order valence-electron chi connectivity index (χ2n) is 6.68. The van der Waals surface area contributed by atoms with Gasteiger partial charge in [0.05, 0.1) is 0 Å². The molecule has 1 spiro atoms. The van der Waals surface area contributed by atoms with Gasteiger partial charge in [-0.3, -0.25) is 19.3 Å². The molecular weight excluding hydrogens is 326 g/mol. The molecule has 0 aromatic rings. The average Bonchev–Trinajstić information content (AvgIpc) is 3.14. The van der Waals surface area contributed by atoms with E-state index < -0.39 is 30.7 Å². The van der Waals surface area contributed by atoms with Crippen LogP contribution in [0.2, 0.25) is 0 Å². The van der Waals surface area contributed by atoms with Crippen molar-refractivity contribution in [1.29, 1.82) is 0 Å². The zero-order valence-electron chi connectivity index (χ0n) is 14.8. The molecule has 4 amide bonds. The minimum Gasteiger partial charge on any atom is -0.454 e. The smallest absolute Gasteiger partial charge is 0.326 e. The van der Waals surface area contributed by atoms with Crippen LogP contribution >= 0.6 is 0 Å². The van der Waals surface area contributed by atoms with Gasteiger partial charge in [0.2, 0.25) is 0 Å². The number of ether oxygens (including phenoxy) is 1. The van der Waals surface area contributed by atoms with Gasteiger partial charge in [-0.1, -0.05) is 39.0 Å². The molecule has 1 aliphatic heterocycles. The molecule has 140 valence electrons. The second-order valence-corrected chi connectivity index (χ2v) is 6.68. The Kier molecular flexibility index (Phi) is 6.78. The molecular formula is C17H27N3O5. The first-order chi connectivity index (χ1) is 12.0. The van der Waals surface area contributed by atoms with Crippen LogP contribution < -0.4 is 10.6 Å². The number of carbonyl (C=O) groups is 4. The van der Waals surface area contributed by atoms with Crippen LogP contribution in [0.3, 0.4) is 0 Å². The Morgan fingerprint density at radius 3 is 2.60 bits per heavy atom. The van der Waals surface area contributed by atoms with Crippen molar-refractivity contribution in [3.63, 3.8) is 0 Å². The van der Waals surface area contributed by atoms with Gasteiger partial charge in [0.15, 0.2) is 6.61 Å². The van der Waals surface area contributed by atoms with E-state index in [9.17, 15) is 19.2 Å². The second kappa shape index (κ2) is 8.82. The number of hydrogen-bond acceptors (Lipinski definition) is 5. The van der Waals surface area contributed by atoms with Gasteiger partial charge in [-0.2, -0.15) is 0 Å². The lowest BCUT2D eigenvalue weighted by Crippen LogP contribution is -2.44. The van der Waals surface area contributed by atoms with Crippen LogP contribution in [0.5, 0.6) is 0 Å². The van der Waals surface area contributed by atoms with E-state index >= 15 is 0 Å². The fourth-order valence-corrected chi connectivity index (χ4v) is 3.29. The van der Waals surface area contributed by atoms with E-state index in [1.807, 2.05) is 0 Å². The van der Waals surface area contributed by atoms with E-state index in [1.54, 1.807) is 0 Å². The molecule has 25 heavy (non-hydrogen) atoms.